The third-order valence-electron chi connectivity index (χ3n) is 4.27. The first kappa shape index (κ1) is 15.3. The zero-order valence-electron chi connectivity index (χ0n) is 13.0. The van der Waals surface area contributed by atoms with Crippen LogP contribution in [0.25, 0.3) is 0 Å². The van der Waals surface area contributed by atoms with Crippen LogP contribution in [0.1, 0.15) is 45.6 Å². The predicted octanol–water partition coefficient (Wildman–Crippen LogP) is 3.95. The van der Waals surface area contributed by atoms with Crippen LogP contribution in [0.5, 0.6) is 0 Å². The maximum absolute atomic E-state index is 13.5. The second-order valence-electron chi connectivity index (χ2n) is 6.15. The van der Waals surface area contributed by atoms with Crippen LogP contribution >= 0.6 is 0 Å². The molecule has 3 heteroatoms. The number of hydrogen-bond donors (Lipinski definition) is 1. The second-order valence-corrected chi connectivity index (χ2v) is 6.15. The molecule has 20 heavy (non-hydrogen) atoms. The molecule has 1 heterocycles. The molecule has 0 bridgehead atoms. The van der Waals surface area contributed by atoms with Gasteiger partial charge in [0.15, 0.2) is 0 Å². The van der Waals surface area contributed by atoms with Crippen molar-refractivity contribution in [2.45, 2.75) is 52.6 Å². The van der Waals surface area contributed by atoms with Crippen LogP contribution in [0.4, 0.5) is 10.1 Å². The molecule has 112 valence electrons. The van der Waals surface area contributed by atoms with Crippen molar-refractivity contribution in [3.63, 3.8) is 0 Å². The van der Waals surface area contributed by atoms with Crippen molar-refractivity contribution in [1.29, 1.82) is 0 Å². The van der Waals surface area contributed by atoms with E-state index in [0.717, 1.165) is 31.1 Å². The van der Waals surface area contributed by atoms with Gasteiger partial charge in [-0.05, 0) is 42.5 Å². The van der Waals surface area contributed by atoms with Crippen molar-refractivity contribution in [2.75, 3.05) is 18.0 Å². The topological polar surface area (TPSA) is 15.3 Å². The Labute approximate surface area is 122 Å². The number of rotatable bonds is 5. The molecule has 0 unspecified atom stereocenters. The fourth-order valence-electron chi connectivity index (χ4n) is 2.90. The Kier molecular flexibility index (Phi) is 5.41. The van der Waals surface area contributed by atoms with E-state index in [2.05, 4.69) is 31.0 Å². The van der Waals surface area contributed by atoms with Crippen molar-refractivity contribution >= 4 is 5.69 Å². The molecule has 0 aromatic heterocycles. The highest BCUT2D eigenvalue weighted by molar-refractivity contribution is 5.54. The fourth-order valence-corrected chi connectivity index (χ4v) is 2.90. The van der Waals surface area contributed by atoms with Crippen LogP contribution in [0.15, 0.2) is 18.2 Å². The minimum Gasteiger partial charge on any atom is -0.371 e. The number of hydrogen-bond acceptors (Lipinski definition) is 2. The van der Waals surface area contributed by atoms with Gasteiger partial charge in [0.05, 0.1) is 0 Å². The fraction of sp³-hybridized carbons (Fsp3) is 0.647. The molecule has 0 aliphatic carbocycles. The molecule has 0 saturated carbocycles. The summed E-state index contributed by atoms with van der Waals surface area (Å²) >= 11 is 0. The van der Waals surface area contributed by atoms with Crippen LogP contribution < -0.4 is 10.2 Å². The van der Waals surface area contributed by atoms with Crippen molar-refractivity contribution in [1.82, 2.24) is 5.32 Å². The summed E-state index contributed by atoms with van der Waals surface area (Å²) in [7, 11) is 0. The zero-order valence-corrected chi connectivity index (χ0v) is 13.0. The van der Waals surface area contributed by atoms with Crippen LogP contribution in [0, 0.1) is 11.7 Å². The average molecular weight is 278 g/mol. The summed E-state index contributed by atoms with van der Waals surface area (Å²) in [5.74, 6) is 0.724. The third kappa shape index (κ3) is 3.95. The Bertz CT molecular complexity index is 423. The molecule has 1 aliphatic rings. The summed E-state index contributed by atoms with van der Waals surface area (Å²) in [6.07, 6.45) is 3.79. The molecule has 2 nitrogen and oxygen atoms in total. The highest BCUT2D eigenvalue weighted by Crippen LogP contribution is 2.28. The van der Waals surface area contributed by atoms with Crippen LogP contribution in [-0.4, -0.2) is 19.1 Å². The van der Waals surface area contributed by atoms with E-state index in [1.165, 1.54) is 24.9 Å². The monoisotopic (exact) mass is 278 g/mol. The lowest BCUT2D eigenvalue weighted by atomic mass is 9.93. The largest absolute Gasteiger partial charge is 0.371 e. The Hall–Kier alpha value is -1.09. The zero-order chi connectivity index (χ0) is 14.5. The van der Waals surface area contributed by atoms with Gasteiger partial charge in [-0.2, -0.15) is 0 Å². The number of anilines is 1. The van der Waals surface area contributed by atoms with Gasteiger partial charge in [0, 0.05) is 31.4 Å². The van der Waals surface area contributed by atoms with E-state index in [-0.39, 0.29) is 5.82 Å². The molecular weight excluding hydrogens is 251 g/mol. The highest BCUT2D eigenvalue weighted by Gasteiger charge is 2.20. The quantitative estimate of drug-likeness (QED) is 0.877. The molecule has 1 fully saturated rings. The second kappa shape index (κ2) is 7.07. The van der Waals surface area contributed by atoms with Gasteiger partial charge in [-0.3, -0.25) is 0 Å². The van der Waals surface area contributed by atoms with E-state index in [1.54, 1.807) is 12.1 Å². The number of piperidine rings is 1. The maximum atomic E-state index is 13.5. The smallest absolute Gasteiger partial charge is 0.123 e. The van der Waals surface area contributed by atoms with Crippen LogP contribution in [0.3, 0.4) is 0 Å². The summed E-state index contributed by atoms with van der Waals surface area (Å²) in [6, 6.07) is 5.62. The maximum Gasteiger partial charge on any atom is 0.123 e. The minimum atomic E-state index is -0.141. The van der Waals surface area contributed by atoms with E-state index < -0.39 is 0 Å². The van der Waals surface area contributed by atoms with Gasteiger partial charge in [-0.25, -0.2) is 4.39 Å². The molecule has 1 aromatic carbocycles. The molecule has 0 amide bonds. The van der Waals surface area contributed by atoms with Crippen LogP contribution in [-0.2, 0) is 6.54 Å². The van der Waals surface area contributed by atoms with Gasteiger partial charge >= 0.3 is 0 Å². The highest BCUT2D eigenvalue weighted by atomic mass is 19.1. The minimum absolute atomic E-state index is 0.141. The van der Waals surface area contributed by atoms with Crippen molar-refractivity contribution < 1.29 is 4.39 Å². The Balaban J connectivity index is 2.10. The molecule has 0 radical (unpaired) electrons. The Morgan fingerprint density at radius 1 is 1.30 bits per heavy atom. The molecule has 0 spiro atoms. The summed E-state index contributed by atoms with van der Waals surface area (Å²) in [4.78, 5) is 2.42. The van der Waals surface area contributed by atoms with E-state index in [0.29, 0.717) is 6.04 Å². The standard InChI is InChI=1S/C17H27FN2/c1-4-14-7-9-20(10-8-14)17-6-5-16(18)11-15(17)12-19-13(2)3/h5-6,11,13-14,19H,4,7-10,12H2,1-3H3. The molecule has 0 atom stereocenters. The third-order valence-corrected chi connectivity index (χ3v) is 4.27. The van der Waals surface area contributed by atoms with Gasteiger partial charge in [0.2, 0.25) is 0 Å². The summed E-state index contributed by atoms with van der Waals surface area (Å²) in [5, 5.41) is 3.40. The summed E-state index contributed by atoms with van der Waals surface area (Å²) < 4.78 is 13.5. The summed E-state index contributed by atoms with van der Waals surface area (Å²) in [5.41, 5.74) is 2.28. The predicted molar refractivity (Wildman–Crippen MR) is 83.6 cm³/mol. The lowest BCUT2D eigenvalue weighted by Gasteiger charge is -2.34. The van der Waals surface area contributed by atoms with Gasteiger partial charge in [-0.15, -0.1) is 0 Å². The van der Waals surface area contributed by atoms with Gasteiger partial charge in [-0.1, -0.05) is 27.2 Å². The molecule has 1 aromatic rings. The van der Waals surface area contributed by atoms with Gasteiger partial charge in [0.25, 0.3) is 0 Å². The van der Waals surface area contributed by atoms with Gasteiger partial charge in [0.1, 0.15) is 5.82 Å². The van der Waals surface area contributed by atoms with Crippen molar-refractivity contribution in [2.24, 2.45) is 5.92 Å². The Morgan fingerprint density at radius 2 is 2.00 bits per heavy atom. The first-order valence-electron chi connectivity index (χ1n) is 7.87. The summed E-state index contributed by atoms with van der Waals surface area (Å²) in [6.45, 7) is 9.43. The molecular formula is C17H27FN2. The van der Waals surface area contributed by atoms with E-state index in [1.807, 2.05) is 6.07 Å². The van der Waals surface area contributed by atoms with E-state index in [4.69, 9.17) is 0 Å². The van der Waals surface area contributed by atoms with Crippen LogP contribution in [0.2, 0.25) is 0 Å². The van der Waals surface area contributed by atoms with E-state index >= 15 is 0 Å². The first-order valence-corrected chi connectivity index (χ1v) is 7.87. The SMILES string of the molecule is CCC1CCN(c2ccc(F)cc2CNC(C)C)CC1. The lowest BCUT2D eigenvalue weighted by Crippen LogP contribution is -2.34. The molecule has 1 saturated heterocycles. The Morgan fingerprint density at radius 3 is 2.60 bits per heavy atom. The van der Waals surface area contributed by atoms with E-state index in [9.17, 15) is 4.39 Å². The molecule has 2 rings (SSSR count). The van der Waals surface area contributed by atoms with Crippen molar-refractivity contribution in [3.8, 4) is 0 Å². The number of benzene rings is 1. The van der Waals surface area contributed by atoms with Gasteiger partial charge < -0.3 is 10.2 Å². The van der Waals surface area contributed by atoms with Crippen molar-refractivity contribution in [3.05, 3.63) is 29.6 Å². The number of nitrogens with zero attached hydrogens (tertiary/aromatic N) is 1. The number of nitrogens with one attached hydrogen (secondary N) is 1. The normalized spacial score (nSPS) is 16.9. The first-order chi connectivity index (χ1) is 9.60. The average Bonchev–Trinajstić information content (AvgIpc) is 2.45. The number of halogens is 1. The molecule has 1 aliphatic heterocycles. The lowest BCUT2D eigenvalue weighted by molar-refractivity contribution is 0.394. The molecule has 1 N–H and O–H groups in total.